The number of guanidine groups is 1. The zero-order valence-corrected chi connectivity index (χ0v) is 20.7. The number of nitrogens with zero attached hydrogens (tertiary/aromatic N) is 3. The van der Waals surface area contributed by atoms with Crippen molar-refractivity contribution in [3.8, 4) is 0 Å². The van der Waals surface area contributed by atoms with Crippen LogP contribution in [0.2, 0.25) is 0 Å². The van der Waals surface area contributed by atoms with Crippen molar-refractivity contribution in [1.82, 2.24) is 15.5 Å². The molecule has 1 aromatic carbocycles. The predicted octanol–water partition coefficient (Wildman–Crippen LogP) is 3.78. The van der Waals surface area contributed by atoms with E-state index in [0.29, 0.717) is 13.0 Å². The van der Waals surface area contributed by atoms with Crippen LogP contribution in [0.25, 0.3) is 0 Å². The van der Waals surface area contributed by atoms with Crippen LogP contribution in [-0.2, 0) is 4.79 Å². The Labute approximate surface area is 193 Å². The van der Waals surface area contributed by atoms with Gasteiger partial charge in [-0.2, -0.15) is 0 Å². The summed E-state index contributed by atoms with van der Waals surface area (Å²) in [5, 5.41) is 6.77. The average molecular weight is 515 g/mol. The van der Waals surface area contributed by atoms with E-state index < -0.39 is 0 Å². The SMILES string of the molecule is CCNC(=NCCC(=O)N(CC)CC)NC(C)c1cccc(N2CCCC2)c1.I. The summed E-state index contributed by atoms with van der Waals surface area (Å²) in [6, 6.07) is 8.90. The summed E-state index contributed by atoms with van der Waals surface area (Å²) in [7, 11) is 0. The fraction of sp³-hybridized carbons (Fsp3) is 0.636. The number of hydrogen-bond donors (Lipinski definition) is 2. The Bertz CT molecular complexity index is 642. The van der Waals surface area contributed by atoms with E-state index in [2.05, 4.69) is 58.6 Å². The maximum absolute atomic E-state index is 12.2. The Morgan fingerprint density at radius 3 is 2.52 bits per heavy atom. The lowest BCUT2D eigenvalue weighted by atomic mass is 10.1. The quantitative estimate of drug-likeness (QED) is 0.299. The highest BCUT2D eigenvalue weighted by Gasteiger charge is 2.15. The van der Waals surface area contributed by atoms with E-state index in [1.165, 1.54) is 24.1 Å². The lowest BCUT2D eigenvalue weighted by molar-refractivity contribution is -0.130. The van der Waals surface area contributed by atoms with Gasteiger partial charge in [-0.1, -0.05) is 12.1 Å². The second-order valence-electron chi connectivity index (χ2n) is 7.23. The largest absolute Gasteiger partial charge is 0.372 e. The van der Waals surface area contributed by atoms with E-state index in [9.17, 15) is 4.79 Å². The molecule has 0 spiro atoms. The lowest BCUT2D eigenvalue weighted by Crippen LogP contribution is -2.39. The molecule has 1 aliphatic rings. The maximum atomic E-state index is 12.2. The van der Waals surface area contributed by atoms with Gasteiger partial charge >= 0.3 is 0 Å². The van der Waals surface area contributed by atoms with Gasteiger partial charge in [0.25, 0.3) is 0 Å². The molecule has 1 heterocycles. The first-order chi connectivity index (χ1) is 13.6. The van der Waals surface area contributed by atoms with E-state index in [1.807, 2.05) is 18.7 Å². The highest BCUT2D eigenvalue weighted by Crippen LogP contribution is 2.23. The Balaban J connectivity index is 0.00000420. The van der Waals surface area contributed by atoms with Crippen molar-refractivity contribution in [2.75, 3.05) is 44.2 Å². The van der Waals surface area contributed by atoms with Crippen molar-refractivity contribution in [3.05, 3.63) is 29.8 Å². The van der Waals surface area contributed by atoms with Crippen LogP contribution in [0.5, 0.6) is 0 Å². The van der Waals surface area contributed by atoms with Crippen LogP contribution in [0.1, 0.15) is 58.6 Å². The number of carbonyl (C=O) groups excluding carboxylic acids is 1. The van der Waals surface area contributed by atoms with Crippen LogP contribution in [-0.4, -0.2) is 56.0 Å². The zero-order valence-electron chi connectivity index (χ0n) is 18.4. The summed E-state index contributed by atoms with van der Waals surface area (Å²) in [6.45, 7) is 13.3. The Morgan fingerprint density at radius 2 is 1.90 bits per heavy atom. The topological polar surface area (TPSA) is 60.0 Å². The van der Waals surface area contributed by atoms with Gasteiger partial charge in [0.05, 0.1) is 12.6 Å². The van der Waals surface area contributed by atoms with Gasteiger partial charge in [0, 0.05) is 44.8 Å². The molecule has 1 aliphatic heterocycles. The van der Waals surface area contributed by atoms with Crippen molar-refractivity contribution in [3.63, 3.8) is 0 Å². The predicted molar refractivity (Wildman–Crippen MR) is 133 cm³/mol. The third-order valence-electron chi connectivity index (χ3n) is 5.25. The molecule has 0 saturated carbocycles. The molecule has 7 heteroatoms. The van der Waals surface area contributed by atoms with Gasteiger partial charge in [-0.25, -0.2) is 0 Å². The standard InChI is InChI=1S/C22H37N5O.HI/c1-5-23-22(24-14-13-21(28)26(6-2)7-3)25-18(4)19-11-10-12-20(17-19)27-15-8-9-16-27;/h10-12,17-18H,5-9,13-16H2,1-4H3,(H2,23,24,25);1H. The molecule has 164 valence electrons. The van der Waals surface area contributed by atoms with Crippen molar-refractivity contribution in [2.24, 2.45) is 4.99 Å². The lowest BCUT2D eigenvalue weighted by Gasteiger charge is -2.22. The molecule has 29 heavy (non-hydrogen) atoms. The number of anilines is 1. The minimum Gasteiger partial charge on any atom is -0.372 e. The number of aliphatic imine (C=N–C) groups is 1. The minimum absolute atomic E-state index is 0. The fourth-order valence-electron chi connectivity index (χ4n) is 3.57. The summed E-state index contributed by atoms with van der Waals surface area (Å²) in [5.74, 6) is 0.921. The molecular weight excluding hydrogens is 477 g/mol. The van der Waals surface area contributed by atoms with Crippen LogP contribution in [0.15, 0.2) is 29.3 Å². The van der Waals surface area contributed by atoms with Gasteiger partial charge in [0.2, 0.25) is 5.91 Å². The number of nitrogens with one attached hydrogen (secondary N) is 2. The molecule has 1 saturated heterocycles. The van der Waals surface area contributed by atoms with Gasteiger partial charge < -0.3 is 20.4 Å². The van der Waals surface area contributed by atoms with Gasteiger partial charge in [0.15, 0.2) is 5.96 Å². The first-order valence-corrected chi connectivity index (χ1v) is 10.8. The van der Waals surface area contributed by atoms with E-state index in [0.717, 1.165) is 38.7 Å². The van der Waals surface area contributed by atoms with Crippen molar-refractivity contribution < 1.29 is 4.79 Å². The van der Waals surface area contributed by atoms with Crippen LogP contribution in [0.4, 0.5) is 5.69 Å². The van der Waals surface area contributed by atoms with Crippen molar-refractivity contribution >= 4 is 41.5 Å². The number of carbonyl (C=O) groups is 1. The number of rotatable bonds is 9. The second-order valence-corrected chi connectivity index (χ2v) is 7.23. The van der Waals surface area contributed by atoms with Crippen LogP contribution < -0.4 is 15.5 Å². The molecular formula is C22H38IN5O. The molecule has 1 amide bonds. The minimum atomic E-state index is 0. The fourth-order valence-corrected chi connectivity index (χ4v) is 3.57. The summed E-state index contributed by atoms with van der Waals surface area (Å²) in [5.41, 5.74) is 2.55. The maximum Gasteiger partial charge on any atom is 0.224 e. The summed E-state index contributed by atoms with van der Waals surface area (Å²) in [4.78, 5) is 21.1. The second kappa shape index (κ2) is 13.7. The molecule has 1 fully saturated rings. The molecule has 6 nitrogen and oxygen atoms in total. The van der Waals surface area contributed by atoms with Gasteiger partial charge in [-0.3, -0.25) is 9.79 Å². The number of halogens is 1. The van der Waals surface area contributed by atoms with Crippen LogP contribution in [0, 0.1) is 0 Å². The Morgan fingerprint density at radius 1 is 1.21 bits per heavy atom. The van der Waals surface area contributed by atoms with Crippen molar-refractivity contribution in [1.29, 1.82) is 0 Å². The third-order valence-corrected chi connectivity index (χ3v) is 5.25. The third kappa shape index (κ3) is 8.03. The van der Waals surface area contributed by atoms with E-state index in [1.54, 1.807) is 0 Å². The summed E-state index contributed by atoms with van der Waals surface area (Å²) >= 11 is 0. The molecule has 2 rings (SSSR count). The molecule has 1 unspecified atom stereocenters. The Hall–Kier alpha value is -1.51. The summed E-state index contributed by atoms with van der Waals surface area (Å²) in [6.07, 6.45) is 3.00. The molecule has 2 N–H and O–H groups in total. The molecule has 1 aromatic rings. The van der Waals surface area contributed by atoms with Gasteiger partial charge in [-0.05, 0) is 58.2 Å². The molecule has 0 bridgehead atoms. The van der Waals surface area contributed by atoms with E-state index >= 15 is 0 Å². The first-order valence-electron chi connectivity index (χ1n) is 10.8. The Kier molecular flexibility index (Phi) is 12.0. The monoisotopic (exact) mass is 515 g/mol. The molecule has 1 atom stereocenters. The first kappa shape index (κ1) is 25.5. The smallest absolute Gasteiger partial charge is 0.224 e. The van der Waals surface area contributed by atoms with Crippen molar-refractivity contribution in [2.45, 2.75) is 53.0 Å². The average Bonchev–Trinajstić information content (AvgIpc) is 3.24. The summed E-state index contributed by atoms with van der Waals surface area (Å²) < 4.78 is 0. The highest BCUT2D eigenvalue weighted by molar-refractivity contribution is 14.0. The van der Waals surface area contributed by atoms with Gasteiger partial charge in [-0.15, -0.1) is 24.0 Å². The molecule has 0 aromatic heterocycles. The van der Waals surface area contributed by atoms with E-state index in [4.69, 9.17) is 0 Å². The normalized spacial score (nSPS) is 14.9. The molecule has 0 aliphatic carbocycles. The van der Waals surface area contributed by atoms with Crippen LogP contribution >= 0.6 is 24.0 Å². The van der Waals surface area contributed by atoms with Gasteiger partial charge in [0.1, 0.15) is 0 Å². The van der Waals surface area contributed by atoms with E-state index in [-0.39, 0.29) is 35.9 Å². The van der Waals surface area contributed by atoms with Crippen LogP contribution in [0.3, 0.4) is 0 Å². The number of hydrogen-bond acceptors (Lipinski definition) is 3. The number of benzene rings is 1. The number of amides is 1. The highest BCUT2D eigenvalue weighted by atomic mass is 127. The zero-order chi connectivity index (χ0) is 20.4. The molecule has 0 radical (unpaired) electrons.